The Morgan fingerprint density at radius 3 is 2.00 bits per heavy atom. The largest absolute Gasteiger partial charge is 0.382 e. The van der Waals surface area contributed by atoms with Gasteiger partial charge in [-0.1, -0.05) is 42.8 Å². The van der Waals surface area contributed by atoms with Crippen LogP contribution in [0.4, 0.5) is 23.5 Å². The van der Waals surface area contributed by atoms with E-state index in [9.17, 15) is 4.79 Å². The van der Waals surface area contributed by atoms with Crippen LogP contribution in [0.5, 0.6) is 0 Å². The molecule has 0 saturated carbocycles. The van der Waals surface area contributed by atoms with Crippen molar-refractivity contribution in [3.8, 4) is 0 Å². The van der Waals surface area contributed by atoms with Crippen molar-refractivity contribution >= 4 is 29.6 Å². The molecule has 2 aromatic carbocycles. The maximum Gasteiger partial charge on any atom is 0.350 e. The molecule has 24 heavy (non-hydrogen) atoms. The number of carbonyl (C=O) groups is 1. The summed E-state index contributed by atoms with van der Waals surface area (Å²) in [6.07, 6.45) is 0.948. The summed E-state index contributed by atoms with van der Waals surface area (Å²) in [6.45, 7) is 2.07. The number of rotatable bonds is 4. The number of hydrogen-bond donors (Lipinski definition) is 0. The Bertz CT molecular complexity index is 584. The van der Waals surface area contributed by atoms with Gasteiger partial charge in [-0.2, -0.15) is 0 Å². The molecule has 0 heterocycles. The average molecular weight is 393 g/mol. The van der Waals surface area contributed by atoms with E-state index in [0.29, 0.717) is 10.6 Å². The van der Waals surface area contributed by atoms with E-state index in [1.165, 1.54) is 5.56 Å². The topological polar surface area (TPSA) is 26.3 Å². The Morgan fingerprint density at radius 1 is 0.958 bits per heavy atom. The highest BCUT2D eigenvalue weighted by Gasteiger charge is 2.09. The number of benzene rings is 2. The molecule has 0 bridgehead atoms. The van der Waals surface area contributed by atoms with Crippen molar-refractivity contribution in [1.29, 1.82) is 0 Å². The molecule has 0 aliphatic heterocycles. The molecule has 0 unspecified atom stereocenters. The number of carbonyl (C=O) groups excluding carboxylic acids is 1. The number of halogens is 6. The quantitative estimate of drug-likeness (QED) is 0.505. The van der Waals surface area contributed by atoms with Gasteiger partial charge in [0, 0.05) is 0 Å². The van der Waals surface area contributed by atoms with Gasteiger partial charge in [-0.25, -0.2) is 4.79 Å². The van der Waals surface area contributed by atoms with Gasteiger partial charge in [0.25, 0.3) is 0 Å². The lowest BCUT2D eigenvalue weighted by Crippen LogP contribution is -1.99. The van der Waals surface area contributed by atoms with E-state index in [0.717, 1.165) is 23.4 Å². The molecule has 0 spiro atoms. The van der Waals surface area contributed by atoms with Crippen LogP contribution in [0.3, 0.4) is 0 Å². The molecular formula is C15H18ClF5O2S. The lowest BCUT2D eigenvalue weighted by atomic mass is 10.1. The number of aryl methyl sites for hydroxylation is 1. The Kier molecular flexibility index (Phi) is 18.5. The molecule has 2 rings (SSSR count). The van der Waals surface area contributed by atoms with E-state index in [-0.39, 0.29) is 29.5 Å². The Labute approximate surface area is 145 Å². The molecule has 0 aromatic heterocycles. The van der Waals surface area contributed by atoms with Crippen LogP contribution < -0.4 is 0 Å². The molecule has 2 nitrogen and oxygen atoms in total. The minimum absolute atomic E-state index is 0. The van der Waals surface area contributed by atoms with Crippen LogP contribution in [0.25, 0.3) is 0 Å². The highest BCUT2D eigenvalue weighted by atomic mass is 35.5. The van der Waals surface area contributed by atoms with Gasteiger partial charge in [0.1, 0.15) is 0 Å². The first-order valence-corrected chi connectivity index (χ1v) is 7.05. The normalized spacial score (nSPS) is 8.08. The minimum Gasteiger partial charge on any atom is -0.382 e. The molecule has 9 heteroatoms. The third-order valence-corrected chi connectivity index (χ3v) is 3.85. The molecule has 138 valence electrons. The summed E-state index contributed by atoms with van der Waals surface area (Å²) in [6, 6.07) is 14.6. The van der Waals surface area contributed by atoms with Crippen LogP contribution in [0.1, 0.15) is 22.8 Å². The first kappa shape index (κ1) is 30.1. The van der Waals surface area contributed by atoms with E-state index in [1.54, 1.807) is 24.3 Å². The molecule has 0 amide bonds. The first-order chi connectivity index (χ1) is 9.20. The summed E-state index contributed by atoms with van der Waals surface area (Å²) >= 11 is 6.96. The van der Waals surface area contributed by atoms with Crippen LogP contribution in [0.15, 0.2) is 53.4 Å². The third kappa shape index (κ3) is 8.16. The summed E-state index contributed by atoms with van der Waals surface area (Å²) in [5, 5.41) is 0.571. The molecule has 0 radical (unpaired) electrons. The Morgan fingerprint density at radius 2 is 1.50 bits per heavy atom. The van der Waals surface area contributed by atoms with E-state index < -0.39 is 0 Å². The molecule has 0 aliphatic rings. The van der Waals surface area contributed by atoms with E-state index >= 15 is 0 Å². The fourth-order valence-electron chi connectivity index (χ4n) is 1.52. The van der Waals surface area contributed by atoms with Gasteiger partial charge in [-0.3, -0.25) is 23.5 Å². The standard InChI is InChI=1S/C15H13ClO2S.5FH/c1-2-11-7-9-12(10-8-11)15(17)18-19-14-6-4-3-5-13(14)16;;;;;/h3-10H,2H2,1H3;5*1H. The zero-order chi connectivity index (χ0) is 13.7. The SMILES string of the molecule is CCc1ccc(C(=O)OSc2ccccc2Cl)cc1.F.F.F.F.F. The molecule has 0 aliphatic carbocycles. The van der Waals surface area contributed by atoms with E-state index in [1.807, 2.05) is 24.3 Å². The second kappa shape index (κ2) is 14.8. The maximum atomic E-state index is 11.8. The minimum atomic E-state index is -0.368. The van der Waals surface area contributed by atoms with E-state index in [4.69, 9.17) is 15.8 Å². The lowest BCUT2D eigenvalue weighted by Gasteiger charge is -2.04. The molecule has 0 N–H and O–H groups in total. The van der Waals surface area contributed by atoms with Crippen LogP contribution in [0.2, 0.25) is 5.02 Å². The van der Waals surface area contributed by atoms with Crippen LogP contribution in [-0.2, 0) is 10.6 Å². The first-order valence-electron chi connectivity index (χ1n) is 5.93. The van der Waals surface area contributed by atoms with Crippen molar-refractivity contribution < 1.29 is 32.5 Å². The monoisotopic (exact) mass is 392 g/mol. The van der Waals surface area contributed by atoms with Gasteiger partial charge in [-0.05, 0) is 36.2 Å². The smallest absolute Gasteiger partial charge is 0.350 e. The molecule has 0 saturated heterocycles. The van der Waals surface area contributed by atoms with Crippen molar-refractivity contribution in [2.75, 3.05) is 0 Å². The fraction of sp³-hybridized carbons (Fsp3) is 0.133. The van der Waals surface area contributed by atoms with Crippen LogP contribution in [0, 0.1) is 0 Å². The van der Waals surface area contributed by atoms with Gasteiger partial charge < -0.3 is 4.18 Å². The molecule has 2 aromatic rings. The zero-order valence-electron chi connectivity index (χ0n) is 12.5. The van der Waals surface area contributed by atoms with E-state index in [2.05, 4.69) is 6.92 Å². The van der Waals surface area contributed by atoms with Crippen molar-refractivity contribution in [3.05, 3.63) is 64.7 Å². The molecular weight excluding hydrogens is 375 g/mol. The van der Waals surface area contributed by atoms with Crippen molar-refractivity contribution in [2.45, 2.75) is 18.2 Å². The summed E-state index contributed by atoms with van der Waals surface area (Å²) in [5.41, 5.74) is 1.73. The number of hydrogen-bond acceptors (Lipinski definition) is 3. The van der Waals surface area contributed by atoms with Crippen molar-refractivity contribution in [1.82, 2.24) is 0 Å². The van der Waals surface area contributed by atoms with Gasteiger partial charge in [0.2, 0.25) is 0 Å². The summed E-state index contributed by atoms with van der Waals surface area (Å²) in [4.78, 5) is 12.6. The predicted molar refractivity (Wildman–Crippen MR) is 91.1 cm³/mol. The van der Waals surface area contributed by atoms with Crippen molar-refractivity contribution in [3.63, 3.8) is 0 Å². The summed E-state index contributed by atoms with van der Waals surface area (Å²) in [7, 11) is 0. The van der Waals surface area contributed by atoms with Crippen molar-refractivity contribution in [2.24, 2.45) is 0 Å². The van der Waals surface area contributed by atoms with Gasteiger partial charge >= 0.3 is 5.97 Å². The lowest BCUT2D eigenvalue weighted by molar-refractivity contribution is 0.0768. The van der Waals surface area contributed by atoms with Crippen LogP contribution >= 0.6 is 23.6 Å². The Balaban J connectivity index is -0.000000400. The highest BCUT2D eigenvalue weighted by Crippen LogP contribution is 2.28. The maximum absolute atomic E-state index is 11.8. The molecule has 0 fully saturated rings. The predicted octanol–water partition coefficient (Wildman–Crippen LogP) is 5.53. The van der Waals surface area contributed by atoms with Gasteiger partial charge in [-0.15, -0.1) is 0 Å². The second-order valence-corrected chi connectivity index (χ2v) is 5.12. The zero-order valence-corrected chi connectivity index (χ0v) is 14.0. The molecule has 0 atom stereocenters. The second-order valence-electron chi connectivity index (χ2n) is 3.94. The van der Waals surface area contributed by atoms with Crippen LogP contribution in [-0.4, -0.2) is 5.97 Å². The third-order valence-electron chi connectivity index (χ3n) is 2.64. The fourth-order valence-corrected chi connectivity index (χ4v) is 2.29. The average Bonchev–Trinajstić information content (AvgIpc) is 2.46. The summed E-state index contributed by atoms with van der Waals surface area (Å²) in [5.74, 6) is -0.368. The van der Waals surface area contributed by atoms with Gasteiger partial charge in [0.15, 0.2) is 0 Å². The Hall–Kier alpha value is -1.80. The van der Waals surface area contributed by atoms with Gasteiger partial charge in [0.05, 0.1) is 27.5 Å². The highest BCUT2D eigenvalue weighted by molar-refractivity contribution is 7.95. The summed E-state index contributed by atoms with van der Waals surface area (Å²) < 4.78 is 5.16.